The second-order valence-electron chi connectivity index (χ2n) is 3.89. The smallest absolute Gasteiger partial charge is 0.253 e. The van der Waals surface area contributed by atoms with Gasteiger partial charge in [-0.05, 0) is 18.6 Å². The molecule has 0 aliphatic rings. The van der Waals surface area contributed by atoms with E-state index in [0.717, 1.165) is 19.4 Å². The Labute approximate surface area is 107 Å². The zero-order valence-corrected chi connectivity index (χ0v) is 11.2. The van der Waals surface area contributed by atoms with Gasteiger partial charge in [0.15, 0.2) is 0 Å². The van der Waals surface area contributed by atoms with Crippen LogP contribution in [0.4, 0.5) is 5.82 Å². The summed E-state index contributed by atoms with van der Waals surface area (Å²) in [5, 5.41) is 3.20. The van der Waals surface area contributed by atoms with Crippen LogP contribution in [0.25, 0.3) is 0 Å². The summed E-state index contributed by atoms with van der Waals surface area (Å²) in [6, 6.07) is 3.30. The number of unbranched alkanes of at least 4 members (excludes halogenated alkanes) is 1. The van der Waals surface area contributed by atoms with Crippen LogP contribution >= 0.6 is 11.6 Å². The maximum absolute atomic E-state index is 12.1. The number of aromatic nitrogens is 1. The number of hydrogen-bond acceptors (Lipinski definition) is 3. The maximum Gasteiger partial charge on any atom is 0.253 e. The van der Waals surface area contributed by atoms with Gasteiger partial charge in [0.1, 0.15) is 11.0 Å². The van der Waals surface area contributed by atoms with E-state index in [0.29, 0.717) is 16.5 Å². The minimum absolute atomic E-state index is 0.0285. The van der Waals surface area contributed by atoms with E-state index in [-0.39, 0.29) is 5.91 Å². The molecule has 94 valence electrons. The molecule has 0 fully saturated rings. The van der Waals surface area contributed by atoms with Crippen LogP contribution in [-0.2, 0) is 0 Å². The Morgan fingerprint density at radius 1 is 1.53 bits per heavy atom. The lowest BCUT2D eigenvalue weighted by Crippen LogP contribution is -2.27. The van der Waals surface area contributed by atoms with Crippen molar-refractivity contribution in [1.82, 2.24) is 9.88 Å². The Morgan fingerprint density at radius 2 is 2.24 bits per heavy atom. The maximum atomic E-state index is 12.1. The zero-order chi connectivity index (χ0) is 12.8. The van der Waals surface area contributed by atoms with Gasteiger partial charge < -0.3 is 10.2 Å². The van der Waals surface area contributed by atoms with Gasteiger partial charge in [-0.15, -0.1) is 0 Å². The minimum Gasteiger partial charge on any atom is -0.373 e. The first-order valence-electron chi connectivity index (χ1n) is 5.69. The van der Waals surface area contributed by atoms with Gasteiger partial charge in [0.2, 0.25) is 0 Å². The predicted molar refractivity (Wildman–Crippen MR) is 70.7 cm³/mol. The summed E-state index contributed by atoms with van der Waals surface area (Å²) < 4.78 is 0. The first kappa shape index (κ1) is 13.8. The molecule has 1 aromatic heterocycles. The lowest BCUT2D eigenvalue weighted by molar-refractivity contribution is 0.0793. The lowest BCUT2D eigenvalue weighted by Gasteiger charge is -2.17. The van der Waals surface area contributed by atoms with E-state index in [9.17, 15) is 4.79 Å². The molecule has 1 N–H and O–H groups in total. The molecule has 0 bridgehead atoms. The van der Waals surface area contributed by atoms with Crippen molar-refractivity contribution in [3.8, 4) is 0 Å². The Bertz CT molecular complexity index is 395. The zero-order valence-electron chi connectivity index (χ0n) is 10.5. The van der Waals surface area contributed by atoms with Gasteiger partial charge in [0.25, 0.3) is 5.91 Å². The van der Waals surface area contributed by atoms with Crippen molar-refractivity contribution in [2.45, 2.75) is 19.8 Å². The average molecular weight is 256 g/mol. The van der Waals surface area contributed by atoms with Gasteiger partial charge >= 0.3 is 0 Å². The predicted octanol–water partition coefficient (Wildman–Crippen LogP) is 2.65. The van der Waals surface area contributed by atoms with E-state index in [1.165, 1.54) is 0 Å². The highest BCUT2D eigenvalue weighted by Gasteiger charge is 2.13. The molecule has 0 atom stereocenters. The summed E-state index contributed by atoms with van der Waals surface area (Å²) in [6.07, 6.45) is 2.07. The van der Waals surface area contributed by atoms with Crippen molar-refractivity contribution in [1.29, 1.82) is 0 Å². The largest absolute Gasteiger partial charge is 0.373 e. The molecule has 1 heterocycles. The summed E-state index contributed by atoms with van der Waals surface area (Å²) in [5.41, 5.74) is 0.563. The monoisotopic (exact) mass is 255 g/mol. The number of halogens is 1. The van der Waals surface area contributed by atoms with Crippen LogP contribution in [-0.4, -0.2) is 36.4 Å². The topological polar surface area (TPSA) is 45.2 Å². The number of amides is 1. The standard InChI is InChI=1S/C12H18ClN3O/c1-4-5-6-16(3)12(17)9-7-10(13)15-11(8-9)14-2/h7-8H,4-6H2,1-3H3,(H,14,15). The third-order valence-electron chi connectivity index (χ3n) is 2.49. The number of hydrogen-bond donors (Lipinski definition) is 1. The fraction of sp³-hybridized carbons (Fsp3) is 0.500. The lowest BCUT2D eigenvalue weighted by atomic mass is 10.2. The van der Waals surface area contributed by atoms with Gasteiger partial charge in [-0.2, -0.15) is 0 Å². The van der Waals surface area contributed by atoms with Crippen LogP contribution in [0.15, 0.2) is 12.1 Å². The van der Waals surface area contributed by atoms with E-state index in [1.54, 1.807) is 31.1 Å². The third-order valence-corrected chi connectivity index (χ3v) is 2.68. The van der Waals surface area contributed by atoms with Gasteiger partial charge in [-0.25, -0.2) is 4.98 Å². The highest BCUT2D eigenvalue weighted by atomic mass is 35.5. The summed E-state index contributed by atoms with van der Waals surface area (Å²) in [5.74, 6) is 0.573. The van der Waals surface area contributed by atoms with Crippen molar-refractivity contribution in [3.05, 3.63) is 22.8 Å². The number of nitrogens with zero attached hydrogens (tertiary/aromatic N) is 2. The van der Waals surface area contributed by atoms with Crippen LogP contribution < -0.4 is 5.32 Å². The molecular formula is C12H18ClN3O. The third kappa shape index (κ3) is 3.89. The van der Waals surface area contributed by atoms with Gasteiger partial charge in [-0.3, -0.25) is 4.79 Å². The fourth-order valence-electron chi connectivity index (χ4n) is 1.47. The number of anilines is 1. The molecular weight excluding hydrogens is 238 g/mol. The molecule has 0 saturated heterocycles. The molecule has 0 aliphatic carbocycles. The number of pyridine rings is 1. The van der Waals surface area contributed by atoms with Crippen molar-refractivity contribution in [2.24, 2.45) is 0 Å². The van der Waals surface area contributed by atoms with E-state index < -0.39 is 0 Å². The molecule has 1 amide bonds. The molecule has 4 nitrogen and oxygen atoms in total. The first-order chi connectivity index (χ1) is 8.08. The van der Waals surface area contributed by atoms with Crippen molar-refractivity contribution in [3.63, 3.8) is 0 Å². The van der Waals surface area contributed by atoms with Crippen LogP contribution in [0.3, 0.4) is 0 Å². The highest BCUT2D eigenvalue weighted by Crippen LogP contribution is 2.15. The average Bonchev–Trinajstić information content (AvgIpc) is 2.34. The first-order valence-corrected chi connectivity index (χ1v) is 6.07. The summed E-state index contributed by atoms with van der Waals surface area (Å²) in [4.78, 5) is 17.8. The molecule has 0 unspecified atom stereocenters. The van der Waals surface area contributed by atoms with Gasteiger partial charge in [-0.1, -0.05) is 24.9 Å². The Hall–Kier alpha value is -1.29. The van der Waals surface area contributed by atoms with Crippen LogP contribution in [0, 0.1) is 0 Å². The number of carbonyl (C=O) groups is 1. The highest BCUT2D eigenvalue weighted by molar-refractivity contribution is 6.29. The molecule has 1 rings (SSSR count). The minimum atomic E-state index is -0.0285. The summed E-state index contributed by atoms with van der Waals surface area (Å²) in [6.45, 7) is 2.85. The van der Waals surface area contributed by atoms with Crippen LogP contribution in [0.2, 0.25) is 5.15 Å². The van der Waals surface area contributed by atoms with Crippen molar-refractivity contribution < 1.29 is 4.79 Å². The molecule has 0 spiro atoms. The summed E-state index contributed by atoms with van der Waals surface area (Å²) >= 11 is 5.86. The normalized spacial score (nSPS) is 10.1. The van der Waals surface area contributed by atoms with E-state index in [2.05, 4.69) is 17.2 Å². The van der Waals surface area contributed by atoms with Crippen molar-refractivity contribution >= 4 is 23.3 Å². The number of nitrogens with one attached hydrogen (secondary N) is 1. The molecule has 17 heavy (non-hydrogen) atoms. The SMILES string of the molecule is CCCCN(C)C(=O)c1cc(Cl)nc(NC)c1. The number of carbonyl (C=O) groups excluding carboxylic acids is 1. The molecule has 0 saturated carbocycles. The van der Waals surface area contributed by atoms with E-state index in [1.807, 2.05) is 0 Å². The van der Waals surface area contributed by atoms with E-state index >= 15 is 0 Å². The van der Waals surface area contributed by atoms with Crippen LogP contribution in [0.5, 0.6) is 0 Å². The Balaban J connectivity index is 2.84. The fourth-order valence-corrected chi connectivity index (χ4v) is 1.67. The van der Waals surface area contributed by atoms with Gasteiger partial charge in [0, 0.05) is 26.2 Å². The second-order valence-corrected chi connectivity index (χ2v) is 4.28. The van der Waals surface area contributed by atoms with Crippen molar-refractivity contribution in [2.75, 3.05) is 26.0 Å². The van der Waals surface area contributed by atoms with Crippen LogP contribution in [0.1, 0.15) is 30.1 Å². The number of rotatable bonds is 5. The van der Waals surface area contributed by atoms with E-state index in [4.69, 9.17) is 11.6 Å². The Morgan fingerprint density at radius 3 is 2.82 bits per heavy atom. The molecule has 0 aliphatic heterocycles. The van der Waals surface area contributed by atoms with Gasteiger partial charge in [0.05, 0.1) is 0 Å². The second kappa shape index (κ2) is 6.45. The quantitative estimate of drug-likeness (QED) is 0.823. The molecule has 5 heteroatoms. The molecule has 0 aromatic carbocycles. The summed E-state index contributed by atoms with van der Waals surface area (Å²) in [7, 11) is 3.54. The molecule has 0 radical (unpaired) electrons. The Kier molecular flexibility index (Phi) is 5.22. The molecule has 1 aromatic rings.